The van der Waals surface area contributed by atoms with Gasteiger partial charge in [0.25, 0.3) is 0 Å². The Balaban J connectivity index is 2.27. The molecule has 0 saturated carbocycles. The summed E-state index contributed by atoms with van der Waals surface area (Å²) in [5.41, 5.74) is -0.473. The van der Waals surface area contributed by atoms with Gasteiger partial charge in [-0.1, -0.05) is 44.2 Å². The summed E-state index contributed by atoms with van der Waals surface area (Å²) in [5.74, 6) is -0.618. The first-order valence-corrected chi connectivity index (χ1v) is 6.94. The Morgan fingerprint density at radius 3 is 2.20 bits per heavy atom. The van der Waals surface area contributed by atoms with E-state index in [1.165, 1.54) is 0 Å². The van der Waals surface area contributed by atoms with Crippen molar-refractivity contribution >= 4 is 11.8 Å². The molecule has 1 aromatic rings. The van der Waals surface area contributed by atoms with Gasteiger partial charge in [-0.05, 0) is 18.4 Å². The Morgan fingerprint density at radius 1 is 1.10 bits per heavy atom. The average molecular weight is 276 g/mol. The third kappa shape index (κ3) is 2.41. The smallest absolute Gasteiger partial charge is 0.243 e. The highest BCUT2D eigenvalue weighted by molar-refractivity contribution is 6.12. The molecule has 1 saturated heterocycles. The fourth-order valence-corrected chi connectivity index (χ4v) is 2.45. The summed E-state index contributed by atoms with van der Waals surface area (Å²) in [4.78, 5) is 25.0. The third-order valence-corrected chi connectivity index (χ3v) is 3.59. The molecule has 1 aromatic carbocycles. The highest BCUT2D eigenvalue weighted by Gasteiger charge is 2.50. The molecule has 1 fully saturated rings. The lowest BCUT2D eigenvalue weighted by Gasteiger charge is -2.38. The van der Waals surface area contributed by atoms with E-state index in [0.717, 1.165) is 6.42 Å². The van der Waals surface area contributed by atoms with Crippen molar-refractivity contribution in [2.75, 3.05) is 6.61 Å². The molecule has 5 heteroatoms. The molecule has 0 aromatic heterocycles. The Bertz CT molecular complexity index is 469. The zero-order chi connectivity index (χ0) is 14.6. The van der Waals surface area contributed by atoms with Crippen LogP contribution in [0.4, 0.5) is 0 Å². The maximum Gasteiger partial charge on any atom is 0.243 e. The number of rotatable bonds is 5. The largest absolute Gasteiger partial charge is 0.341 e. The van der Waals surface area contributed by atoms with Crippen LogP contribution in [0.1, 0.15) is 32.3 Å². The predicted octanol–water partition coefficient (Wildman–Crippen LogP) is 1.29. The summed E-state index contributed by atoms with van der Waals surface area (Å²) in [6.45, 7) is 4.28. The normalized spacial score (nSPS) is 26.0. The summed E-state index contributed by atoms with van der Waals surface area (Å²) >= 11 is 0. The van der Waals surface area contributed by atoms with Crippen molar-refractivity contribution in [3.8, 4) is 0 Å². The van der Waals surface area contributed by atoms with Crippen molar-refractivity contribution in [3.63, 3.8) is 0 Å². The summed E-state index contributed by atoms with van der Waals surface area (Å²) < 4.78 is 5.38. The van der Waals surface area contributed by atoms with Gasteiger partial charge in [0.05, 0.1) is 6.61 Å². The molecule has 1 heterocycles. The minimum Gasteiger partial charge on any atom is -0.341 e. The van der Waals surface area contributed by atoms with Crippen molar-refractivity contribution in [2.24, 2.45) is 0 Å². The van der Waals surface area contributed by atoms with E-state index in [1.807, 2.05) is 32.0 Å². The van der Waals surface area contributed by atoms with E-state index in [2.05, 4.69) is 10.6 Å². The van der Waals surface area contributed by atoms with Crippen LogP contribution in [0.15, 0.2) is 30.3 Å². The first-order chi connectivity index (χ1) is 9.65. The zero-order valence-corrected chi connectivity index (χ0v) is 11.8. The molecule has 0 spiro atoms. The summed E-state index contributed by atoms with van der Waals surface area (Å²) in [6.07, 6.45) is 0.480. The lowest BCUT2D eigenvalue weighted by molar-refractivity contribution is -0.151. The number of carbonyl (C=O) groups is 2. The summed E-state index contributed by atoms with van der Waals surface area (Å²) in [6, 6.07) is 9.12. The number of nitrogens with one attached hydrogen (secondary N) is 2. The SMILES string of the molecule is CCCOC1NC(=O)C(CC)(c2ccccc2)C(=O)N1. The van der Waals surface area contributed by atoms with Crippen molar-refractivity contribution in [1.82, 2.24) is 10.6 Å². The molecule has 2 amide bonds. The molecule has 108 valence electrons. The number of hydrogen-bond donors (Lipinski definition) is 2. The van der Waals surface area contributed by atoms with E-state index in [4.69, 9.17) is 4.74 Å². The van der Waals surface area contributed by atoms with Crippen LogP contribution in [0.2, 0.25) is 0 Å². The van der Waals surface area contributed by atoms with E-state index in [-0.39, 0.29) is 11.8 Å². The maximum absolute atomic E-state index is 12.5. The highest BCUT2D eigenvalue weighted by Crippen LogP contribution is 2.30. The Morgan fingerprint density at radius 2 is 1.70 bits per heavy atom. The molecule has 2 rings (SSSR count). The van der Waals surface area contributed by atoms with E-state index in [0.29, 0.717) is 18.6 Å². The lowest BCUT2D eigenvalue weighted by atomic mass is 9.75. The van der Waals surface area contributed by atoms with Gasteiger partial charge in [0.15, 0.2) is 5.41 Å². The number of benzene rings is 1. The van der Waals surface area contributed by atoms with Crippen LogP contribution in [-0.2, 0) is 19.7 Å². The Kier molecular flexibility index (Phi) is 4.39. The summed E-state index contributed by atoms with van der Waals surface area (Å²) in [7, 11) is 0. The van der Waals surface area contributed by atoms with Crippen molar-refractivity contribution in [3.05, 3.63) is 35.9 Å². The van der Waals surface area contributed by atoms with Crippen LogP contribution in [0.25, 0.3) is 0 Å². The van der Waals surface area contributed by atoms with Gasteiger partial charge in [-0.3, -0.25) is 9.59 Å². The van der Waals surface area contributed by atoms with Crippen LogP contribution in [0.3, 0.4) is 0 Å². The van der Waals surface area contributed by atoms with Crippen molar-refractivity contribution < 1.29 is 14.3 Å². The fraction of sp³-hybridized carbons (Fsp3) is 0.467. The highest BCUT2D eigenvalue weighted by atomic mass is 16.5. The molecule has 2 N–H and O–H groups in total. The second-order valence-corrected chi connectivity index (χ2v) is 4.82. The van der Waals surface area contributed by atoms with Gasteiger partial charge in [0.1, 0.15) is 0 Å². The van der Waals surface area contributed by atoms with E-state index in [1.54, 1.807) is 12.1 Å². The van der Waals surface area contributed by atoms with Crippen LogP contribution < -0.4 is 10.6 Å². The molecule has 1 aliphatic rings. The van der Waals surface area contributed by atoms with Gasteiger partial charge < -0.3 is 15.4 Å². The van der Waals surface area contributed by atoms with Crippen LogP contribution >= 0.6 is 0 Å². The molecule has 1 aliphatic heterocycles. The molecule has 5 nitrogen and oxygen atoms in total. The molecule has 20 heavy (non-hydrogen) atoms. The lowest BCUT2D eigenvalue weighted by Crippen LogP contribution is -2.67. The van der Waals surface area contributed by atoms with E-state index < -0.39 is 11.8 Å². The minimum atomic E-state index is -1.17. The Labute approximate surface area is 118 Å². The maximum atomic E-state index is 12.5. The standard InChI is InChI=1S/C15H20N2O3/c1-3-10-20-14-16-12(18)15(4-2,13(19)17-14)11-8-6-5-7-9-11/h5-9,14H,3-4,10H2,1-2H3,(H,16,18)(H,17,19). The molecule has 0 atom stereocenters. The van der Waals surface area contributed by atoms with Crippen molar-refractivity contribution in [1.29, 1.82) is 0 Å². The summed E-state index contributed by atoms with van der Waals surface area (Å²) in [5, 5.41) is 5.46. The van der Waals surface area contributed by atoms with Crippen LogP contribution in [0, 0.1) is 0 Å². The predicted molar refractivity (Wildman–Crippen MR) is 74.7 cm³/mol. The molecular formula is C15H20N2O3. The topological polar surface area (TPSA) is 67.4 Å². The van der Waals surface area contributed by atoms with Gasteiger partial charge in [-0.15, -0.1) is 0 Å². The van der Waals surface area contributed by atoms with Gasteiger partial charge in [0, 0.05) is 0 Å². The van der Waals surface area contributed by atoms with Gasteiger partial charge in [0.2, 0.25) is 18.2 Å². The van der Waals surface area contributed by atoms with E-state index in [9.17, 15) is 9.59 Å². The van der Waals surface area contributed by atoms with Crippen LogP contribution in [-0.4, -0.2) is 24.8 Å². The number of amides is 2. The monoisotopic (exact) mass is 276 g/mol. The molecule has 0 unspecified atom stereocenters. The van der Waals surface area contributed by atoms with E-state index >= 15 is 0 Å². The Hall–Kier alpha value is -1.88. The second-order valence-electron chi connectivity index (χ2n) is 4.82. The molecule has 0 bridgehead atoms. The number of ether oxygens (including phenoxy) is 1. The van der Waals surface area contributed by atoms with Gasteiger partial charge in [-0.25, -0.2) is 0 Å². The second kappa shape index (κ2) is 6.05. The van der Waals surface area contributed by atoms with Crippen molar-refractivity contribution in [2.45, 2.75) is 38.5 Å². The first-order valence-electron chi connectivity index (χ1n) is 6.94. The number of carbonyl (C=O) groups excluding carboxylic acids is 2. The van der Waals surface area contributed by atoms with Crippen LogP contribution in [0.5, 0.6) is 0 Å². The van der Waals surface area contributed by atoms with Gasteiger partial charge in [-0.2, -0.15) is 0 Å². The molecule has 0 aliphatic carbocycles. The quantitative estimate of drug-likeness (QED) is 0.796. The fourth-order valence-electron chi connectivity index (χ4n) is 2.45. The number of hydrogen-bond acceptors (Lipinski definition) is 3. The van der Waals surface area contributed by atoms with Gasteiger partial charge >= 0.3 is 0 Å². The average Bonchev–Trinajstić information content (AvgIpc) is 2.46. The zero-order valence-electron chi connectivity index (χ0n) is 11.8. The third-order valence-electron chi connectivity index (χ3n) is 3.59. The molecule has 0 radical (unpaired) electrons. The molecular weight excluding hydrogens is 256 g/mol. The minimum absolute atomic E-state index is 0.309. The first kappa shape index (κ1) is 14.5.